The molecule has 90 valence electrons. The van der Waals surface area contributed by atoms with E-state index in [-0.39, 0.29) is 0 Å². The highest BCUT2D eigenvalue weighted by atomic mass is 79.9. The van der Waals surface area contributed by atoms with Crippen LogP contribution in [-0.4, -0.2) is 19.8 Å². The summed E-state index contributed by atoms with van der Waals surface area (Å²) >= 11 is 3.38. The van der Waals surface area contributed by atoms with Crippen LogP contribution in [0.1, 0.15) is 20.3 Å². The Morgan fingerprint density at radius 3 is 2.50 bits per heavy atom. The van der Waals surface area contributed by atoms with Gasteiger partial charge in [-0.15, -0.1) is 0 Å². The highest BCUT2D eigenvalue weighted by Gasteiger charge is 1.98. The Morgan fingerprint density at radius 1 is 1.19 bits per heavy atom. The molecule has 0 aliphatic heterocycles. The first-order valence-electron chi connectivity index (χ1n) is 5.68. The number of hydrogen-bond donors (Lipinski definition) is 0. The third-order valence-electron chi connectivity index (χ3n) is 2.41. The molecule has 1 rings (SSSR count). The maximum absolute atomic E-state index is 5.53. The van der Waals surface area contributed by atoms with Crippen LogP contribution in [0, 0.1) is 5.92 Å². The lowest BCUT2D eigenvalue weighted by molar-refractivity contribution is 0.0771. The van der Waals surface area contributed by atoms with Crippen molar-refractivity contribution in [2.75, 3.05) is 19.8 Å². The Bertz CT molecular complexity index is 284. The van der Waals surface area contributed by atoms with Gasteiger partial charge in [-0.1, -0.05) is 36.2 Å². The van der Waals surface area contributed by atoms with Crippen LogP contribution in [0.4, 0.5) is 0 Å². The van der Waals surface area contributed by atoms with Crippen LogP contribution in [0.3, 0.4) is 0 Å². The fourth-order valence-electron chi connectivity index (χ4n) is 1.15. The predicted octanol–water partition coefficient (Wildman–Crippen LogP) is 3.89. The number of benzene rings is 1. The summed E-state index contributed by atoms with van der Waals surface area (Å²) in [4.78, 5) is 0. The number of ether oxygens (including phenoxy) is 2. The first-order valence-corrected chi connectivity index (χ1v) is 6.47. The van der Waals surface area contributed by atoms with E-state index in [2.05, 4.69) is 29.8 Å². The molecule has 0 saturated heterocycles. The number of hydrogen-bond acceptors (Lipinski definition) is 2. The summed E-state index contributed by atoms with van der Waals surface area (Å²) < 4.78 is 12.1. The third-order valence-corrected chi connectivity index (χ3v) is 2.94. The van der Waals surface area contributed by atoms with Gasteiger partial charge >= 0.3 is 0 Å². The van der Waals surface area contributed by atoms with Gasteiger partial charge in [0, 0.05) is 11.1 Å². The van der Waals surface area contributed by atoms with Gasteiger partial charge in [0.2, 0.25) is 0 Å². The van der Waals surface area contributed by atoms with Gasteiger partial charge in [-0.05, 0) is 30.2 Å². The van der Waals surface area contributed by atoms with Gasteiger partial charge in [-0.3, -0.25) is 0 Å². The third kappa shape index (κ3) is 5.52. The summed E-state index contributed by atoms with van der Waals surface area (Å²) in [6, 6.07) is 7.82. The Kier molecular flexibility index (Phi) is 6.50. The van der Waals surface area contributed by atoms with Crippen molar-refractivity contribution in [3.63, 3.8) is 0 Å². The number of halogens is 1. The van der Waals surface area contributed by atoms with E-state index >= 15 is 0 Å². The topological polar surface area (TPSA) is 18.5 Å². The summed E-state index contributed by atoms with van der Waals surface area (Å²) in [6.45, 7) is 6.45. The molecule has 0 bridgehead atoms. The van der Waals surface area contributed by atoms with Crippen LogP contribution >= 0.6 is 15.9 Å². The molecule has 0 amide bonds. The molecule has 0 spiro atoms. The minimum atomic E-state index is 0.609. The fraction of sp³-hybridized carbons (Fsp3) is 0.538. The van der Waals surface area contributed by atoms with Crippen molar-refractivity contribution in [3.05, 3.63) is 28.7 Å². The molecule has 1 aromatic rings. The van der Waals surface area contributed by atoms with E-state index in [9.17, 15) is 0 Å². The SMILES string of the molecule is CCC(C)COCCOc1ccc(Br)cc1. The zero-order chi connectivity index (χ0) is 11.8. The van der Waals surface area contributed by atoms with Gasteiger partial charge in [-0.25, -0.2) is 0 Å². The lowest BCUT2D eigenvalue weighted by Gasteiger charge is -2.10. The van der Waals surface area contributed by atoms with E-state index in [1.54, 1.807) is 0 Å². The predicted molar refractivity (Wildman–Crippen MR) is 69.9 cm³/mol. The van der Waals surface area contributed by atoms with Gasteiger partial charge < -0.3 is 9.47 Å². The highest BCUT2D eigenvalue weighted by molar-refractivity contribution is 9.10. The fourth-order valence-corrected chi connectivity index (χ4v) is 1.42. The van der Waals surface area contributed by atoms with Crippen LogP contribution in [0.5, 0.6) is 5.75 Å². The average molecular weight is 287 g/mol. The van der Waals surface area contributed by atoms with Crippen molar-refractivity contribution in [1.82, 2.24) is 0 Å². The van der Waals surface area contributed by atoms with E-state index in [0.717, 1.165) is 23.2 Å². The van der Waals surface area contributed by atoms with E-state index in [0.29, 0.717) is 19.1 Å². The van der Waals surface area contributed by atoms with Crippen LogP contribution in [0.25, 0.3) is 0 Å². The Labute approximate surface area is 106 Å². The van der Waals surface area contributed by atoms with Crippen molar-refractivity contribution in [2.24, 2.45) is 5.92 Å². The molecule has 1 atom stereocenters. The van der Waals surface area contributed by atoms with E-state index in [4.69, 9.17) is 9.47 Å². The molecule has 1 aromatic carbocycles. The lowest BCUT2D eigenvalue weighted by Crippen LogP contribution is -2.11. The van der Waals surface area contributed by atoms with Gasteiger partial charge in [0.05, 0.1) is 6.61 Å². The van der Waals surface area contributed by atoms with Crippen LogP contribution in [0.15, 0.2) is 28.7 Å². The molecule has 16 heavy (non-hydrogen) atoms. The highest BCUT2D eigenvalue weighted by Crippen LogP contribution is 2.15. The second-order valence-corrected chi connectivity index (χ2v) is 4.81. The summed E-state index contributed by atoms with van der Waals surface area (Å²) in [6.07, 6.45) is 1.16. The summed E-state index contributed by atoms with van der Waals surface area (Å²) in [7, 11) is 0. The van der Waals surface area contributed by atoms with Crippen molar-refractivity contribution < 1.29 is 9.47 Å². The quantitative estimate of drug-likeness (QED) is 0.708. The molecule has 0 saturated carbocycles. The van der Waals surface area contributed by atoms with Crippen molar-refractivity contribution in [1.29, 1.82) is 0 Å². The van der Waals surface area contributed by atoms with E-state index < -0.39 is 0 Å². The van der Waals surface area contributed by atoms with Crippen LogP contribution < -0.4 is 4.74 Å². The molecule has 0 aromatic heterocycles. The standard InChI is InChI=1S/C13H19BrO2/c1-3-11(2)10-15-8-9-16-13-6-4-12(14)5-7-13/h4-7,11H,3,8-10H2,1-2H3. The smallest absolute Gasteiger partial charge is 0.119 e. The maximum Gasteiger partial charge on any atom is 0.119 e. The second kappa shape index (κ2) is 7.69. The van der Waals surface area contributed by atoms with Crippen LogP contribution in [0.2, 0.25) is 0 Å². The van der Waals surface area contributed by atoms with Crippen molar-refractivity contribution in [2.45, 2.75) is 20.3 Å². The minimum Gasteiger partial charge on any atom is -0.491 e. The van der Waals surface area contributed by atoms with Crippen molar-refractivity contribution >= 4 is 15.9 Å². The Morgan fingerprint density at radius 2 is 1.88 bits per heavy atom. The lowest BCUT2D eigenvalue weighted by atomic mass is 10.1. The molecule has 2 nitrogen and oxygen atoms in total. The molecule has 3 heteroatoms. The van der Waals surface area contributed by atoms with Gasteiger partial charge in [0.25, 0.3) is 0 Å². The first kappa shape index (κ1) is 13.5. The molecular formula is C13H19BrO2. The van der Waals surface area contributed by atoms with E-state index in [1.165, 1.54) is 0 Å². The monoisotopic (exact) mass is 286 g/mol. The normalized spacial score (nSPS) is 12.4. The molecular weight excluding hydrogens is 268 g/mol. The number of rotatable bonds is 7. The summed E-state index contributed by atoms with van der Waals surface area (Å²) in [5.74, 6) is 1.52. The molecule has 0 aliphatic rings. The van der Waals surface area contributed by atoms with Crippen molar-refractivity contribution in [3.8, 4) is 5.75 Å². The Balaban J connectivity index is 2.09. The van der Waals surface area contributed by atoms with Gasteiger partial charge in [0.15, 0.2) is 0 Å². The average Bonchev–Trinajstić information content (AvgIpc) is 2.31. The largest absolute Gasteiger partial charge is 0.491 e. The van der Waals surface area contributed by atoms with E-state index in [1.807, 2.05) is 24.3 Å². The molecule has 0 fully saturated rings. The zero-order valence-corrected chi connectivity index (χ0v) is 11.5. The molecule has 0 heterocycles. The zero-order valence-electron chi connectivity index (χ0n) is 9.91. The summed E-state index contributed by atoms with van der Waals surface area (Å²) in [5.41, 5.74) is 0. The maximum atomic E-state index is 5.53. The molecule has 0 N–H and O–H groups in total. The Hall–Kier alpha value is -0.540. The molecule has 0 aliphatic carbocycles. The van der Waals surface area contributed by atoms with Gasteiger partial charge in [0.1, 0.15) is 12.4 Å². The van der Waals surface area contributed by atoms with Gasteiger partial charge in [-0.2, -0.15) is 0 Å². The first-order chi connectivity index (χ1) is 7.72. The second-order valence-electron chi connectivity index (χ2n) is 3.89. The minimum absolute atomic E-state index is 0.609. The van der Waals surface area contributed by atoms with Crippen LogP contribution in [-0.2, 0) is 4.74 Å². The molecule has 0 radical (unpaired) electrons. The molecule has 1 unspecified atom stereocenters. The summed E-state index contributed by atoms with van der Waals surface area (Å²) in [5, 5.41) is 0.